The van der Waals surface area contributed by atoms with Crippen LogP contribution in [0.1, 0.15) is 24.0 Å². The van der Waals surface area contributed by atoms with Gasteiger partial charge in [-0.3, -0.25) is 4.79 Å². The van der Waals surface area contributed by atoms with Gasteiger partial charge in [-0.15, -0.1) is 0 Å². The lowest BCUT2D eigenvalue weighted by Gasteiger charge is -2.31. The summed E-state index contributed by atoms with van der Waals surface area (Å²) >= 11 is 0. The third kappa shape index (κ3) is 4.36. The van der Waals surface area contributed by atoms with Gasteiger partial charge in [-0.05, 0) is 74.2 Å². The molecule has 1 fully saturated rings. The molecule has 1 amide bonds. The van der Waals surface area contributed by atoms with Gasteiger partial charge in [-0.1, -0.05) is 6.07 Å². The van der Waals surface area contributed by atoms with Gasteiger partial charge in [-0.2, -0.15) is 4.31 Å². The third-order valence-corrected chi connectivity index (χ3v) is 6.86. The first-order chi connectivity index (χ1) is 12.8. The number of halogens is 1. The Bertz CT molecular complexity index is 942. The van der Waals surface area contributed by atoms with Crippen molar-refractivity contribution in [2.24, 2.45) is 5.92 Å². The maximum absolute atomic E-state index is 13.1. The predicted molar refractivity (Wildman–Crippen MR) is 102 cm³/mol. The second kappa shape index (κ2) is 7.78. The Morgan fingerprint density at radius 3 is 2.48 bits per heavy atom. The number of hydrogen-bond donors (Lipinski definition) is 1. The van der Waals surface area contributed by atoms with Crippen LogP contribution < -0.4 is 5.32 Å². The molecule has 1 atom stereocenters. The zero-order chi connectivity index (χ0) is 19.6. The molecule has 0 aliphatic carbocycles. The number of aryl methyl sites for hydroxylation is 2. The summed E-state index contributed by atoms with van der Waals surface area (Å²) in [7, 11) is -3.74. The van der Waals surface area contributed by atoms with Gasteiger partial charge in [0.15, 0.2) is 0 Å². The first-order valence-corrected chi connectivity index (χ1v) is 10.4. The summed E-state index contributed by atoms with van der Waals surface area (Å²) in [6.07, 6.45) is 1.23. The van der Waals surface area contributed by atoms with Gasteiger partial charge in [0.1, 0.15) is 5.82 Å². The molecule has 1 saturated heterocycles. The van der Waals surface area contributed by atoms with Crippen LogP contribution >= 0.6 is 0 Å². The van der Waals surface area contributed by atoms with E-state index < -0.39 is 21.8 Å². The zero-order valence-electron chi connectivity index (χ0n) is 15.4. The van der Waals surface area contributed by atoms with Crippen molar-refractivity contribution >= 4 is 21.6 Å². The fourth-order valence-corrected chi connectivity index (χ4v) is 4.72. The monoisotopic (exact) mass is 390 g/mol. The molecule has 144 valence electrons. The number of rotatable bonds is 4. The molecular weight excluding hydrogens is 367 g/mol. The lowest BCUT2D eigenvalue weighted by molar-refractivity contribution is -0.120. The second-order valence-corrected chi connectivity index (χ2v) is 8.88. The number of nitrogens with zero attached hydrogens (tertiary/aromatic N) is 1. The van der Waals surface area contributed by atoms with E-state index in [0.29, 0.717) is 25.1 Å². The van der Waals surface area contributed by atoms with Gasteiger partial charge in [-0.25, -0.2) is 12.8 Å². The normalized spacial score (nSPS) is 18.3. The van der Waals surface area contributed by atoms with Crippen molar-refractivity contribution in [3.05, 3.63) is 59.4 Å². The highest BCUT2D eigenvalue weighted by Crippen LogP contribution is 2.25. The number of anilines is 1. The van der Waals surface area contributed by atoms with Gasteiger partial charge in [0.2, 0.25) is 15.9 Å². The van der Waals surface area contributed by atoms with Crippen LogP contribution in [0.3, 0.4) is 0 Å². The summed E-state index contributed by atoms with van der Waals surface area (Å²) in [5.74, 6) is -1.09. The minimum absolute atomic E-state index is 0.0408. The molecule has 0 saturated carbocycles. The average Bonchev–Trinajstić information content (AvgIpc) is 2.65. The van der Waals surface area contributed by atoms with E-state index in [2.05, 4.69) is 5.32 Å². The molecule has 0 bridgehead atoms. The number of hydrogen-bond acceptors (Lipinski definition) is 3. The van der Waals surface area contributed by atoms with Crippen molar-refractivity contribution < 1.29 is 17.6 Å². The molecular formula is C20H23FN2O3S. The highest BCUT2D eigenvalue weighted by atomic mass is 32.2. The number of carbonyl (C=O) groups excluding carboxylic acids is 1. The van der Waals surface area contributed by atoms with Crippen LogP contribution in [0.4, 0.5) is 10.1 Å². The Morgan fingerprint density at radius 1 is 1.11 bits per heavy atom. The second-order valence-electron chi connectivity index (χ2n) is 6.94. The number of amides is 1. The van der Waals surface area contributed by atoms with Gasteiger partial charge >= 0.3 is 0 Å². The van der Waals surface area contributed by atoms with Crippen molar-refractivity contribution in [1.29, 1.82) is 0 Å². The largest absolute Gasteiger partial charge is 0.326 e. The third-order valence-electron chi connectivity index (χ3n) is 4.98. The predicted octanol–water partition coefficient (Wildman–Crippen LogP) is 3.48. The molecule has 1 aliphatic heterocycles. The van der Waals surface area contributed by atoms with Crippen molar-refractivity contribution in [1.82, 2.24) is 4.31 Å². The molecule has 27 heavy (non-hydrogen) atoms. The SMILES string of the molecule is Cc1ccc(NC(=O)[C@@H]2CCCN(S(=O)(=O)c3ccc(F)cc3)C2)cc1C. The molecule has 2 aromatic rings. The summed E-state index contributed by atoms with van der Waals surface area (Å²) in [6, 6.07) is 10.4. The quantitative estimate of drug-likeness (QED) is 0.869. The van der Waals surface area contributed by atoms with E-state index in [1.807, 2.05) is 32.0 Å². The van der Waals surface area contributed by atoms with E-state index in [9.17, 15) is 17.6 Å². The van der Waals surface area contributed by atoms with Crippen LogP contribution in [0.5, 0.6) is 0 Å². The standard InChI is InChI=1S/C20H23FN2O3S/c1-14-5-8-18(12-15(14)2)22-20(24)16-4-3-11-23(13-16)27(25,26)19-9-6-17(21)7-10-19/h5-10,12,16H,3-4,11,13H2,1-2H3,(H,22,24)/t16-/m1/s1. The minimum atomic E-state index is -3.74. The zero-order valence-corrected chi connectivity index (χ0v) is 16.2. The number of piperidine rings is 1. The van der Waals surface area contributed by atoms with Gasteiger partial charge in [0, 0.05) is 18.8 Å². The Labute approximate surface area is 159 Å². The Kier molecular flexibility index (Phi) is 5.62. The minimum Gasteiger partial charge on any atom is -0.326 e. The van der Waals surface area contributed by atoms with Crippen LogP contribution in [0.2, 0.25) is 0 Å². The molecule has 7 heteroatoms. The van der Waals surface area contributed by atoms with Crippen LogP contribution in [-0.2, 0) is 14.8 Å². The first-order valence-electron chi connectivity index (χ1n) is 8.91. The molecule has 1 aliphatic rings. The van der Waals surface area contributed by atoms with Crippen molar-refractivity contribution in [3.63, 3.8) is 0 Å². The first kappa shape index (κ1) is 19.5. The van der Waals surface area contributed by atoms with E-state index in [4.69, 9.17) is 0 Å². The number of carbonyl (C=O) groups is 1. The molecule has 0 radical (unpaired) electrons. The smallest absolute Gasteiger partial charge is 0.243 e. The van der Waals surface area contributed by atoms with E-state index in [-0.39, 0.29) is 17.3 Å². The summed E-state index contributed by atoms with van der Waals surface area (Å²) < 4.78 is 40.0. The van der Waals surface area contributed by atoms with E-state index in [0.717, 1.165) is 23.3 Å². The van der Waals surface area contributed by atoms with E-state index in [1.54, 1.807) is 0 Å². The summed E-state index contributed by atoms with van der Waals surface area (Å²) in [4.78, 5) is 12.7. The van der Waals surface area contributed by atoms with Crippen LogP contribution in [0, 0.1) is 25.6 Å². The van der Waals surface area contributed by atoms with E-state index in [1.165, 1.54) is 16.4 Å². The summed E-state index contributed by atoms with van der Waals surface area (Å²) in [6.45, 7) is 4.45. The van der Waals surface area contributed by atoms with Gasteiger partial charge in [0.25, 0.3) is 0 Å². The fraction of sp³-hybridized carbons (Fsp3) is 0.350. The topological polar surface area (TPSA) is 66.5 Å². The molecule has 0 spiro atoms. The Balaban J connectivity index is 1.72. The van der Waals surface area contributed by atoms with Gasteiger partial charge in [0.05, 0.1) is 10.8 Å². The lowest BCUT2D eigenvalue weighted by Crippen LogP contribution is -2.43. The van der Waals surface area contributed by atoms with Crippen molar-refractivity contribution in [2.45, 2.75) is 31.6 Å². The van der Waals surface area contributed by atoms with Crippen LogP contribution in [-0.4, -0.2) is 31.7 Å². The molecule has 1 N–H and O–H groups in total. The fourth-order valence-electron chi connectivity index (χ4n) is 3.19. The number of nitrogens with one attached hydrogen (secondary N) is 1. The molecule has 3 rings (SSSR count). The molecule has 5 nitrogen and oxygen atoms in total. The number of benzene rings is 2. The number of sulfonamides is 1. The maximum atomic E-state index is 13.1. The van der Waals surface area contributed by atoms with Crippen molar-refractivity contribution in [3.8, 4) is 0 Å². The van der Waals surface area contributed by atoms with Crippen LogP contribution in [0.15, 0.2) is 47.4 Å². The molecule has 0 unspecified atom stereocenters. The van der Waals surface area contributed by atoms with Gasteiger partial charge < -0.3 is 5.32 Å². The highest BCUT2D eigenvalue weighted by Gasteiger charge is 2.33. The maximum Gasteiger partial charge on any atom is 0.243 e. The average molecular weight is 390 g/mol. The molecule has 1 heterocycles. The lowest BCUT2D eigenvalue weighted by atomic mass is 9.98. The van der Waals surface area contributed by atoms with Crippen molar-refractivity contribution in [2.75, 3.05) is 18.4 Å². The highest BCUT2D eigenvalue weighted by molar-refractivity contribution is 7.89. The Morgan fingerprint density at radius 2 is 1.81 bits per heavy atom. The molecule has 2 aromatic carbocycles. The van der Waals surface area contributed by atoms with E-state index >= 15 is 0 Å². The Hall–Kier alpha value is -2.25. The molecule has 0 aromatic heterocycles. The summed E-state index contributed by atoms with van der Waals surface area (Å²) in [5.41, 5.74) is 2.93. The summed E-state index contributed by atoms with van der Waals surface area (Å²) in [5, 5.41) is 2.89. The van der Waals surface area contributed by atoms with Crippen LogP contribution in [0.25, 0.3) is 0 Å².